The number of aromatic hydroxyl groups is 1. The van der Waals surface area contributed by atoms with E-state index in [1.54, 1.807) is 11.3 Å². The Kier molecular flexibility index (Phi) is 3.65. The lowest BCUT2D eigenvalue weighted by molar-refractivity contribution is -0.127. The molecule has 2 aromatic rings. The van der Waals surface area contributed by atoms with E-state index in [1.807, 2.05) is 12.1 Å². The van der Waals surface area contributed by atoms with Crippen LogP contribution in [-0.2, 0) is 11.2 Å². The molecule has 3 aliphatic rings. The Morgan fingerprint density at radius 1 is 1.27 bits per heavy atom. The predicted octanol–water partition coefficient (Wildman–Crippen LogP) is 5.57. The Balaban J connectivity index is 1.51. The lowest BCUT2D eigenvalue weighted by atomic mass is 9.55. The molecule has 1 aromatic heterocycles. The summed E-state index contributed by atoms with van der Waals surface area (Å²) in [5.41, 5.74) is 3.59. The standard InChI is InChI=1S/C23H24O2S/c1-23-9-8-19-18-7-5-16(24)11-14(18)4-6-20(19)21(23)13-15(22(23)25)12-17-3-2-10-26-17/h2-3,5,7,10-12,19-21,24H,4,6,8-9,13H2,1H3/t19?,20?,21?,23-/m0/s1. The molecule has 3 heteroatoms. The zero-order valence-corrected chi connectivity index (χ0v) is 15.9. The Bertz CT molecular complexity index is 895. The molecule has 2 fully saturated rings. The quantitative estimate of drug-likeness (QED) is 0.672. The van der Waals surface area contributed by atoms with Crippen LogP contribution in [0, 0.1) is 17.3 Å². The monoisotopic (exact) mass is 364 g/mol. The van der Waals surface area contributed by atoms with Gasteiger partial charge in [0.25, 0.3) is 0 Å². The van der Waals surface area contributed by atoms with E-state index >= 15 is 0 Å². The van der Waals surface area contributed by atoms with Crippen molar-refractivity contribution in [3.63, 3.8) is 0 Å². The van der Waals surface area contributed by atoms with Gasteiger partial charge in [-0.2, -0.15) is 0 Å². The van der Waals surface area contributed by atoms with Crippen LogP contribution in [0.15, 0.2) is 41.3 Å². The van der Waals surface area contributed by atoms with Crippen molar-refractivity contribution < 1.29 is 9.90 Å². The molecule has 0 aliphatic heterocycles. The van der Waals surface area contributed by atoms with E-state index in [4.69, 9.17) is 0 Å². The van der Waals surface area contributed by atoms with Gasteiger partial charge in [-0.15, -0.1) is 11.3 Å². The number of phenolic OH excluding ortho intramolecular Hbond substituents is 1. The van der Waals surface area contributed by atoms with E-state index in [0.29, 0.717) is 29.3 Å². The van der Waals surface area contributed by atoms with E-state index in [1.165, 1.54) is 16.0 Å². The highest BCUT2D eigenvalue weighted by Crippen LogP contribution is 2.60. The third-order valence-electron chi connectivity index (χ3n) is 7.21. The summed E-state index contributed by atoms with van der Waals surface area (Å²) in [7, 11) is 0. The number of allylic oxidation sites excluding steroid dienone is 1. The van der Waals surface area contributed by atoms with Crippen molar-refractivity contribution in [1.82, 2.24) is 0 Å². The molecule has 3 unspecified atom stereocenters. The molecule has 0 saturated heterocycles. The molecular weight excluding hydrogens is 340 g/mol. The highest BCUT2D eigenvalue weighted by molar-refractivity contribution is 7.10. The molecule has 3 aliphatic carbocycles. The molecule has 5 rings (SSSR count). The van der Waals surface area contributed by atoms with Crippen molar-refractivity contribution in [2.24, 2.45) is 17.3 Å². The maximum Gasteiger partial charge on any atom is 0.165 e. The highest BCUT2D eigenvalue weighted by atomic mass is 32.1. The Hall–Kier alpha value is -1.87. The van der Waals surface area contributed by atoms with Crippen molar-refractivity contribution in [1.29, 1.82) is 0 Å². The van der Waals surface area contributed by atoms with E-state index in [9.17, 15) is 9.90 Å². The Morgan fingerprint density at radius 2 is 2.15 bits per heavy atom. The fourth-order valence-corrected chi connectivity index (χ4v) is 6.60. The normalized spacial score (nSPS) is 34.4. The number of ketones is 1. The van der Waals surface area contributed by atoms with Crippen LogP contribution in [0.1, 0.15) is 54.5 Å². The van der Waals surface area contributed by atoms with Crippen LogP contribution >= 0.6 is 11.3 Å². The van der Waals surface area contributed by atoms with Gasteiger partial charge in [-0.05, 0) is 96.2 Å². The summed E-state index contributed by atoms with van der Waals surface area (Å²) in [4.78, 5) is 14.4. The number of hydrogen-bond acceptors (Lipinski definition) is 3. The zero-order valence-electron chi connectivity index (χ0n) is 15.1. The molecule has 134 valence electrons. The first-order valence-corrected chi connectivity index (χ1v) is 10.5. The summed E-state index contributed by atoms with van der Waals surface area (Å²) < 4.78 is 0. The van der Waals surface area contributed by atoms with Crippen LogP contribution < -0.4 is 0 Å². The zero-order chi connectivity index (χ0) is 17.9. The number of Topliss-reactive ketones (excluding diaryl/α,β-unsaturated/α-hetero) is 1. The SMILES string of the molecule is C[C@]12CCC3c4ccc(O)cc4CCC3C1CC(=Cc1cccs1)C2=O. The van der Waals surface area contributed by atoms with Gasteiger partial charge in [0.1, 0.15) is 5.75 Å². The second-order valence-electron chi connectivity index (χ2n) is 8.47. The van der Waals surface area contributed by atoms with E-state index < -0.39 is 0 Å². The van der Waals surface area contributed by atoms with Gasteiger partial charge in [0.05, 0.1) is 0 Å². The van der Waals surface area contributed by atoms with E-state index in [0.717, 1.165) is 37.7 Å². The minimum Gasteiger partial charge on any atom is -0.508 e. The van der Waals surface area contributed by atoms with Gasteiger partial charge < -0.3 is 5.11 Å². The number of aryl methyl sites for hydroxylation is 1. The average molecular weight is 365 g/mol. The number of carbonyl (C=O) groups is 1. The lowest BCUT2D eigenvalue weighted by Crippen LogP contribution is -2.42. The number of benzene rings is 1. The van der Waals surface area contributed by atoms with Gasteiger partial charge in [0.2, 0.25) is 0 Å². The van der Waals surface area contributed by atoms with Gasteiger partial charge in [-0.1, -0.05) is 19.1 Å². The van der Waals surface area contributed by atoms with Crippen molar-refractivity contribution in [3.05, 3.63) is 57.3 Å². The molecule has 0 amide bonds. The van der Waals surface area contributed by atoms with Crippen LogP contribution in [0.2, 0.25) is 0 Å². The topological polar surface area (TPSA) is 37.3 Å². The molecule has 2 nitrogen and oxygen atoms in total. The molecule has 1 heterocycles. The highest BCUT2D eigenvalue weighted by Gasteiger charge is 2.56. The molecule has 4 atom stereocenters. The summed E-state index contributed by atoms with van der Waals surface area (Å²) in [6.45, 7) is 2.22. The smallest absolute Gasteiger partial charge is 0.165 e. The molecule has 26 heavy (non-hydrogen) atoms. The maximum absolute atomic E-state index is 13.3. The van der Waals surface area contributed by atoms with Crippen LogP contribution in [0.25, 0.3) is 6.08 Å². The second kappa shape index (κ2) is 5.82. The molecule has 0 bridgehead atoms. The van der Waals surface area contributed by atoms with Gasteiger partial charge in [-0.3, -0.25) is 4.79 Å². The van der Waals surface area contributed by atoms with Crippen LogP contribution in [0.4, 0.5) is 0 Å². The van der Waals surface area contributed by atoms with Gasteiger partial charge in [0.15, 0.2) is 5.78 Å². The molecule has 2 saturated carbocycles. The second-order valence-corrected chi connectivity index (χ2v) is 9.45. The number of thiophene rings is 1. The van der Waals surface area contributed by atoms with Crippen molar-refractivity contribution in [2.45, 2.75) is 44.9 Å². The summed E-state index contributed by atoms with van der Waals surface area (Å²) in [5.74, 6) is 2.36. The third-order valence-corrected chi connectivity index (χ3v) is 8.03. The maximum atomic E-state index is 13.3. The van der Waals surface area contributed by atoms with Crippen LogP contribution in [0.3, 0.4) is 0 Å². The number of carbonyl (C=O) groups excluding carboxylic acids is 1. The van der Waals surface area contributed by atoms with E-state index in [2.05, 4.69) is 36.6 Å². The third kappa shape index (κ3) is 2.33. The summed E-state index contributed by atoms with van der Waals surface area (Å²) >= 11 is 1.71. The first-order chi connectivity index (χ1) is 12.6. The predicted molar refractivity (Wildman–Crippen MR) is 105 cm³/mol. The molecule has 0 spiro atoms. The molecule has 0 radical (unpaired) electrons. The number of rotatable bonds is 1. The Labute approximate surface area is 158 Å². The minimum atomic E-state index is -0.182. The Morgan fingerprint density at radius 3 is 2.96 bits per heavy atom. The van der Waals surface area contributed by atoms with Crippen LogP contribution in [0.5, 0.6) is 5.75 Å². The number of fused-ring (bicyclic) bond motifs is 5. The van der Waals surface area contributed by atoms with Gasteiger partial charge >= 0.3 is 0 Å². The van der Waals surface area contributed by atoms with Gasteiger partial charge in [0, 0.05) is 10.3 Å². The molecular formula is C23H24O2S. The first-order valence-electron chi connectivity index (χ1n) is 9.67. The molecule has 1 N–H and O–H groups in total. The minimum absolute atomic E-state index is 0.182. The van der Waals surface area contributed by atoms with Crippen molar-refractivity contribution >= 4 is 23.2 Å². The van der Waals surface area contributed by atoms with Crippen LogP contribution in [-0.4, -0.2) is 10.9 Å². The summed E-state index contributed by atoms with van der Waals surface area (Å²) in [6, 6.07) is 10.1. The lowest BCUT2D eigenvalue weighted by Gasteiger charge is -2.48. The number of phenols is 1. The van der Waals surface area contributed by atoms with Gasteiger partial charge in [-0.25, -0.2) is 0 Å². The fraction of sp³-hybridized carbons (Fsp3) is 0.435. The largest absolute Gasteiger partial charge is 0.508 e. The first kappa shape index (κ1) is 16.3. The summed E-state index contributed by atoms with van der Waals surface area (Å²) in [6.07, 6.45) is 7.31. The fourth-order valence-electron chi connectivity index (χ4n) is 5.91. The summed E-state index contributed by atoms with van der Waals surface area (Å²) in [5, 5.41) is 11.9. The van der Waals surface area contributed by atoms with Crippen molar-refractivity contribution in [2.75, 3.05) is 0 Å². The average Bonchev–Trinajstić information content (AvgIpc) is 3.23. The van der Waals surface area contributed by atoms with E-state index in [-0.39, 0.29) is 5.41 Å². The molecule has 1 aromatic carbocycles. The van der Waals surface area contributed by atoms with Crippen molar-refractivity contribution in [3.8, 4) is 5.75 Å². The number of hydrogen-bond donors (Lipinski definition) is 1.